The fourth-order valence-electron chi connectivity index (χ4n) is 3.79. The van der Waals surface area contributed by atoms with E-state index in [1.165, 1.54) is 11.8 Å². The van der Waals surface area contributed by atoms with Crippen LogP contribution in [0.1, 0.15) is 27.3 Å². The zero-order chi connectivity index (χ0) is 22.5. The van der Waals surface area contributed by atoms with Crippen molar-refractivity contribution in [2.24, 2.45) is 0 Å². The van der Waals surface area contributed by atoms with Crippen LogP contribution >= 0.6 is 0 Å². The summed E-state index contributed by atoms with van der Waals surface area (Å²) in [5, 5.41) is 4.38. The highest BCUT2D eigenvalue weighted by molar-refractivity contribution is 5.91. The molecule has 32 heavy (non-hydrogen) atoms. The summed E-state index contributed by atoms with van der Waals surface area (Å²) in [6, 6.07) is 15.6. The van der Waals surface area contributed by atoms with Gasteiger partial charge in [-0.25, -0.2) is 14.5 Å². The van der Waals surface area contributed by atoms with Gasteiger partial charge in [0.25, 0.3) is 5.91 Å². The van der Waals surface area contributed by atoms with Crippen molar-refractivity contribution in [3.05, 3.63) is 77.2 Å². The normalized spacial score (nSPS) is 14.4. The monoisotopic (exact) mass is 433 g/mol. The van der Waals surface area contributed by atoms with E-state index in [2.05, 4.69) is 27.1 Å². The Morgan fingerprint density at radius 2 is 1.75 bits per heavy atom. The van der Waals surface area contributed by atoms with Gasteiger partial charge in [-0.15, -0.1) is 0 Å². The smallest absolute Gasteiger partial charge is 0.340 e. The molecule has 0 saturated carbocycles. The van der Waals surface area contributed by atoms with Gasteiger partial charge >= 0.3 is 5.97 Å². The number of carbonyl (C=O) groups is 2. The maximum Gasteiger partial charge on any atom is 0.340 e. The highest BCUT2D eigenvalue weighted by atomic mass is 16.5. The van der Waals surface area contributed by atoms with Crippen molar-refractivity contribution >= 4 is 11.9 Å². The lowest BCUT2D eigenvalue weighted by molar-refractivity contribution is -0.136. The number of aromatic nitrogens is 3. The Bertz CT molecular complexity index is 1070. The molecule has 8 heteroatoms. The number of amides is 1. The Kier molecular flexibility index (Phi) is 6.61. The molecule has 1 aliphatic heterocycles. The summed E-state index contributed by atoms with van der Waals surface area (Å²) in [6.07, 6.45) is 1.45. The molecule has 166 valence electrons. The molecular formula is C24H27N5O3. The summed E-state index contributed by atoms with van der Waals surface area (Å²) in [4.78, 5) is 33.2. The van der Waals surface area contributed by atoms with E-state index in [0.717, 1.165) is 31.0 Å². The molecule has 1 saturated heterocycles. The molecule has 0 atom stereocenters. The van der Waals surface area contributed by atoms with Crippen LogP contribution in [0.4, 0.5) is 0 Å². The molecule has 2 aromatic heterocycles. The van der Waals surface area contributed by atoms with E-state index in [1.54, 1.807) is 21.7 Å². The number of rotatable bonds is 6. The molecule has 0 unspecified atom stereocenters. The molecule has 3 heterocycles. The van der Waals surface area contributed by atoms with Crippen molar-refractivity contribution in [2.75, 3.05) is 32.8 Å². The predicted molar refractivity (Wildman–Crippen MR) is 119 cm³/mol. The van der Waals surface area contributed by atoms with Crippen LogP contribution in [0.25, 0.3) is 5.82 Å². The van der Waals surface area contributed by atoms with E-state index in [-0.39, 0.29) is 12.5 Å². The molecule has 3 aromatic rings. The van der Waals surface area contributed by atoms with Gasteiger partial charge in [0.1, 0.15) is 0 Å². The Labute approximate surface area is 187 Å². The molecule has 0 aliphatic carbocycles. The number of esters is 1. The first-order valence-electron chi connectivity index (χ1n) is 10.7. The number of aryl methyl sites for hydroxylation is 2. The molecule has 1 aliphatic rings. The Morgan fingerprint density at radius 3 is 2.38 bits per heavy atom. The third-order valence-corrected chi connectivity index (χ3v) is 5.51. The standard InChI is InChI=1S/C24H27N5O3/c1-18-14-19(2)29(26-18)22-9-8-21(15-25-22)24(31)32-17-23(30)28-12-10-27(11-13-28)16-20-6-4-3-5-7-20/h3-9,14-15H,10-13,16-17H2,1-2H3. The van der Waals surface area contributed by atoms with Crippen LogP contribution < -0.4 is 0 Å². The Morgan fingerprint density at radius 1 is 1.00 bits per heavy atom. The van der Waals surface area contributed by atoms with Crippen LogP contribution in [0.15, 0.2) is 54.7 Å². The van der Waals surface area contributed by atoms with Crippen LogP contribution in [0.3, 0.4) is 0 Å². The highest BCUT2D eigenvalue weighted by Gasteiger charge is 2.22. The van der Waals surface area contributed by atoms with Gasteiger partial charge in [0.05, 0.1) is 11.3 Å². The Balaban J connectivity index is 1.24. The molecule has 0 N–H and O–H groups in total. The molecule has 1 amide bonds. The summed E-state index contributed by atoms with van der Waals surface area (Å²) in [5.41, 5.74) is 3.42. The van der Waals surface area contributed by atoms with Gasteiger partial charge in [-0.2, -0.15) is 5.10 Å². The molecule has 4 rings (SSSR count). The maximum atomic E-state index is 12.5. The van der Waals surface area contributed by atoms with Crippen LogP contribution in [0.2, 0.25) is 0 Å². The zero-order valence-corrected chi connectivity index (χ0v) is 18.4. The lowest BCUT2D eigenvalue weighted by Crippen LogP contribution is -2.49. The number of hydrogen-bond acceptors (Lipinski definition) is 6. The SMILES string of the molecule is Cc1cc(C)n(-c2ccc(C(=O)OCC(=O)N3CCN(Cc4ccccc4)CC3)cn2)n1. The second-order valence-corrected chi connectivity index (χ2v) is 7.96. The van der Waals surface area contributed by atoms with Crippen molar-refractivity contribution in [2.45, 2.75) is 20.4 Å². The maximum absolute atomic E-state index is 12.5. The van der Waals surface area contributed by atoms with Gasteiger partial charge in [0, 0.05) is 44.6 Å². The summed E-state index contributed by atoms with van der Waals surface area (Å²) in [5.74, 6) is -0.116. The molecule has 0 spiro atoms. The molecule has 1 aromatic carbocycles. The van der Waals surface area contributed by atoms with Gasteiger partial charge in [-0.1, -0.05) is 30.3 Å². The minimum Gasteiger partial charge on any atom is -0.452 e. The quantitative estimate of drug-likeness (QED) is 0.556. The summed E-state index contributed by atoms with van der Waals surface area (Å²) in [6.45, 7) is 7.31. The molecule has 0 bridgehead atoms. The first-order valence-corrected chi connectivity index (χ1v) is 10.7. The minimum atomic E-state index is -0.562. The van der Waals surface area contributed by atoms with Crippen LogP contribution in [-0.4, -0.2) is 69.2 Å². The highest BCUT2D eigenvalue weighted by Crippen LogP contribution is 2.12. The lowest BCUT2D eigenvalue weighted by Gasteiger charge is -2.34. The van der Waals surface area contributed by atoms with Gasteiger partial charge < -0.3 is 9.64 Å². The minimum absolute atomic E-state index is 0.176. The second kappa shape index (κ2) is 9.74. The van der Waals surface area contributed by atoms with Crippen LogP contribution in [-0.2, 0) is 16.1 Å². The average Bonchev–Trinajstić information content (AvgIpc) is 3.16. The number of piperazine rings is 1. The first kappa shape index (κ1) is 21.7. The number of nitrogens with zero attached hydrogens (tertiary/aromatic N) is 5. The van der Waals surface area contributed by atoms with Gasteiger partial charge in [-0.3, -0.25) is 9.69 Å². The lowest BCUT2D eigenvalue weighted by atomic mass is 10.2. The van der Waals surface area contributed by atoms with Crippen molar-refractivity contribution in [3.63, 3.8) is 0 Å². The van der Waals surface area contributed by atoms with Crippen LogP contribution in [0, 0.1) is 13.8 Å². The molecule has 0 radical (unpaired) electrons. The Hall–Kier alpha value is -3.52. The molecular weight excluding hydrogens is 406 g/mol. The van der Waals surface area contributed by atoms with Crippen molar-refractivity contribution in [1.29, 1.82) is 0 Å². The number of hydrogen-bond donors (Lipinski definition) is 0. The van der Waals surface area contributed by atoms with Gasteiger partial charge in [-0.05, 0) is 37.6 Å². The summed E-state index contributed by atoms with van der Waals surface area (Å²) < 4.78 is 6.95. The van der Waals surface area contributed by atoms with E-state index in [0.29, 0.717) is 24.5 Å². The van der Waals surface area contributed by atoms with E-state index >= 15 is 0 Å². The number of ether oxygens (including phenoxy) is 1. The van der Waals surface area contributed by atoms with E-state index in [4.69, 9.17) is 4.74 Å². The van der Waals surface area contributed by atoms with E-state index < -0.39 is 5.97 Å². The number of pyridine rings is 1. The van der Waals surface area contributed by atoms with Gasteiger partial charge in [0.15, 0.2) is 12.4 Å². The van der Waals surface area contributed by atoms with Crippen molar-refractivity contribution in [3.8, 4) is 5.82 Å². The predicted octanol–water partition coefficient (Wildman–Crippen LogP) is 2.39. The topological polar surface area (TPSA) is 80.6 Å². The fraction of sp³-hybridized carbons (Fsp3) is 0.333. The van der Waals surface area contributed by atoms with Crippen molar-refractivity contribution in [1.82, 2.24) is 24.6 Å². The van der Waals surface area contributed by atoms with E-state index in [9.17, 15) is 9.59 Å². The van der Waals surface area contributed by atoms with Crippen molar-refractivity contribution < 1.29 is 14.3 Å². The molecule has 8 nitrogen and oxygen atoms in total. The largest absolute Gasteiger partial charge is 0.452 e. The summed E-state index contributed by atoms with van der Waals surface area (Å²) >= 11 is 0. The van der Waals surface area contributed by atoms with E-state index in [1.807, 2.05) is 38.1 Å². The number of benzene rings is 1. The van der Waals surface area contributed by atoms with Crippen LogP contribution in [0.5, 0.6) is 0 Å². The average molecular weight is 434 g/mol. The number of carbonyl (C=O) groups excluding carboxylic acids is 2. The summed E-state index contributed by atoms with van der Waals surface area (Å²) in [7, 11) is 0. The zero-order valence-electron chi connectivity index (χ0n) is 18.4. The second-order valence-electron chi connectivity index (χ2n) is 7.96. The first-order chi connectivity index (χ1) is 15.5. The molecule has 1 fully saturated rings. The third kappa shape index (κ3) is 5.20. The fourth-order valence-corrected chi connectivity index (χ4v) is 3.79. The third-order valence-electron chi connectivity index (χ3n) is 5.51. The van der Waals surface area contributed by atoms with Gasteiger partial charge in [0.2, 0.25) is 0 Å².